The van der Waals surface area contributed by atoms with Gasteiger partial charge in [-0.2, -0.15) is 0 Å². The minimum Gasteiger partial charge on any atom is -0.478 e. The zero-order valence-corrected chi connectivity index (χ0v) is 39.2. The number of rotatable bonds is 9. The van der Waals surface area contributed by atoms with E-state index in [1.54, 1.807) is 6.07 Å². The number of carboxylic acid groups (broad SMARTS) is 1. The topological polar surface area (TPSA) is 148 Å². The number of benzene rings is 5. The fourth-order valence-corrected chi connectivity index (χ4v) is 13.1. The van der Waals surface area contributed by atoms with Gasteiger partial charge in [0.2, 0.25) is 5.36 Å². The molecule has 0 bridgehead atoms. The zero-order chi connectivity index (χ0) is 45.9. The van der Waals surface area contributed by atoms with Gasteiger partial charge in [-0.3, -0.25) is 4.79 Å². The van der Waals surface area contributed by atoms with Crippen molar-refractivity contribution in [1.29, 1.82) is 5.41 Å². The first-order chi connectivity index (χ1) is 31.1. The summed E-state index contributed by atoms with van der Waals surface area (Å²) in [6.07, 6.45) is 9.45. The van der Waals surface area contributed by atoms with Gasteiger partial charge in [0.15, 0.2) is 0 Å². The van der Waals surface area contributed by atoms with E-state index in [-0.39, 0.29) is 23.6 Å². The average Bonchev–Trinajstić information content (AvgIpc) is 3.28. The highest BCUT2D eigenvalue weighted by molar-refractivity contribution is 6.98. The number of carbonyl (C=O) groups is 2. The molecule has 0 saturated heterocycles. The molecule has 1 amide bonds. The fourth-order valence-electron chi connectivity index (χ4n) is 10.0. The van der Waals surface area contributed by atoms with Crippen LogP contribution in [-0.2, 0) is 6.54 Å². The molecule has 1 saturated carbocycles. The Bertz CT molecular complexity index is 3110. The minimum absolute atomic E-state index is 0.0616. The van der Waals surface area contributed by atoms with Crippen molar-refractivity contribution in [2.75, 3.05) is 38.8 Å². The normalized spacial score (nSPS) is 17.7. The van der Waals surface area contributed by atoms with Crippen molar-refractivity contribution >= 4 is 58.8 Å². The Morgan fingerprint density at radius 2 is 1.58 bits per heavy atom. The van der Waals surface area contributed by atoms with Crippen LogP contribution in [-0.4, -0.2) is 71.0 Å². The number of amides is 1. The Morgan fingerprint density at radius 1 is 0.862 bits per heavy atom. The van der Waals surface area contributed by atoms with E-state index in [9.17, 15) is 14.7 Å². The van der Waals surface area contributed by atoms with Gasteiger partial charge in [-0.05, 0) is 143 Å². The molecule has 0 unspecified atom stereocenters. The summed E-state index contributed by atoms with van der Waals surface area (Å²) < 4.78 is 8.51. The molecule has 9 rings (SSSR count). The van der Waals surface area contributed by atoms with E-state index < -0.39 is 14.0 Å². The van der Waals surface area contributed by atoms with E-state index in [0.717, 1.165) is 86.8 Å². The highest BCUT2D eigenvalue weighted by Gasteiger charge is 2.40. The fraction of sp³-hybridized carbons (Fsp3) is 0.259. The lowest BCUT2D eigenvalue weighted by Gasteiger charge is -2.38. The summed E-state index contributed by atoms with van der Waals surface area (Å²) in [6, 6.07) is 30.4. The van der Waals surface area contributed by atoms with Gasteiger partial charge in [-0.15, -0.1) is 0 Å². The summed E-state index contributed by atoms with van der Waals surface area (Å²) in [5, 5.41) is 30.4. The Hall–Kier alpha value is -6.82. The lowest BCUT2D eigenvalue weighted by Crippen LogP contribution is -2.49. The molecule has 4 aromatic rings. The van der Waals surface area contributed by atoms with Crippen molar-refractivity contribution < 1.29 is 19.1 Å². The standard InChI is InChI=1S/C54H56N6O4Si/c1-31-24-33(9-19-40(31)51-44-20-10-34(55)26-49(44)65(6,7)50-27-35(56)11-21-45(50)51)53(61)58-37-14-12-36(13-15-37)57-30-32-8-18-41(46(25-32)54(62)63)52-42-22-16-38(59(2)3)28-47(42)64-48-29-39(60(4)5)17-23-43(48)52/h8-11,16-29,36-37,57H,12-15,30H2,1-7H3,(H4-,55,56,58,61,62,63)/p+1. The van der Waals surface area contributed by atoms with Gasteiger partial charge >= 0.3 is 5.97 Å². The van der Waals surface area contributed by atoms with E-state index >= 15 is 0 Å². The zero-order valence-electron chi connectivity index (χ0n) is 38.2. The summed E-state index contributed by atoms with van der Waals surface area (Å²) in [6.45, 7) is 7.25. The highest BCUT2D eigenvalue weighted by Crippen LogP contribution is 2.44. The van der Waals surface area contributed by atoms with Crippen LogP contribution in [0.3, 0.4) is 0 Å². The van der Waals surface area contributed by atoms with Crippen molar-refractivity contribution in [3.63, 3.8) is 0 Å². The van der Waals surface area contributed by atoms with Crippen molar-refractivity contribution in [1.82, 2.24) is 15.2 Å². The van der Waals surface area contributed by atoms with Gasteiger partial charge in [-0.25, -0.2) is 9.37 Å². The maximum atomic E-state index is 13.7. The lowest BCUT2D eigenvalue weighted by molar-refractivity contribution is 0.0697. The van der Waals surface area contributed by atoms with E-state index in [4.69, 9.17) is 15.6 Å². The van der Waals surface area contributed by atoms with Crippen LogP contribution in [0.2, 0.25) is 13.1 Å². The number of nitrogens with one attached hydrogen (secondary N) is 3. The van der Waals surface area contributed by atoms with Gasteiger partial charge in [0.25, 0.3) is 5.91 Å². The molecule has 4 aromatic carbocycles. The third-order valence-corrected chi connectivity index (χ3v) is 17.2. The maximum absolute atomic E-state index is 13.7. The van der Waals surface area contributed by atoms with Crippen LogP contribution in [0.1, 0.15) is 68.7 Å². The molecule has 10 nitrogen and oxygen atoms in total. The number of nitrogens with zero attached hydrogens (tertiary/aromatic N) is 2. The van der Waals surface area contributed by atoms with Gasteiger partial charge in [-0.1, -0.05) is 43.4 Å². The first-order valence-electron chi connectivity index (χ1n) is 22.4. The van der Waals surface area contributed by atoms with E-state index in [2.05, 4.69) is 54.9 Å². The second kappa shape index (κ2) is 17.0. The quantitative estimate of drug-likeness (QED) is 0.0424. The number of anilines is 2. The number of hydrogen-bond donors (Lipinski definition) is 5. The van der Waals surface area contributed by atoms with Gasteiger partial charge in [0, 0.05) is 78.3 Å². The highest BCUT2D eigenvalue weighted by atomic mass is 28.3. The number of aromatic carboxylic acids is 1. The van der Waals surface area contributed by atoms with Gasteiger partial charge in [0.1, 0.15) is 33.5 Å². The third-order valence-electron chi connectivity index (χ3n) is 13.7. The maximum Gasteiger partial charge on any atom is 0.336 e. The van der Waals surface area contributed by atoms with Crippen LogP contribution in [0.4, 0.5) is 11.4 Å². The molecular weight excluding hydrogens is 825 g/mol. The number of carbonyl (C=O) groups excluding carboxylic acids is 1. The summed E-state index contributed by atoms with van der Waals surface area (Å²) in [5.74, 6) is -0.372. The summed E-state index contributed by atoms with van der Waals surface area (Å²) in [7, 11) is 5.81. The Balaban J connectivity index is 0.884. The second-order valence-corrected chi connectivity index (χ2v) is 23.1. The van der Waals surface area contributed by atoms with Crippen LogP contribution in [0.25, 0.3) is 39.0 Å². The lowest BCUT2D eigenvalue weighted by atomic mass is 9.87. The third kappa shape index (κ3) is 8.15. The molecule has 0 radical (unpaired) electrons. The summed E-state index contributed by atoms with van der Waals surface area (Å²) in [4.78, 5) is 28.7. The first-order valence-corrected chi connectivity index (χ1v) is 25.4. The molecule has 0 spiro atoms. The molecule has 11 heteroatoms. The second-order valence-electron chi connectivity index (χ2n) is 18.8. The number of carboxylic acids is 1. The van der Waals surface area contributed by atoms with Crippen LogP contribution in [0.5, 0.6) is 0 Å². The monoisotopic (exact) mass is 881 g/mol. The molecule has 3 aliphatic carbocycles. The van der Waals surface area contributed by atoms with E-state index in [1.165, 1.54) is 15.9 Å². The first kappa shape index (κ1) is 43.4. The molecule has 0 aromatic heterocycles. The van der Waals surface area contributed by atoms with E-state index in [1.807, 2.05) is 117 Å². The number of fused-ring (bicyclic) bond motifs is 4. The molecule has 330 valence electrons. The number of aryl methyl sites for hydroxylation is 1. The Morgan fingerprint density at radius 3 is 2.31 bits per heavy atom. The van der Waals surface area contributed by atoms with Crippen molar-refractivity contribution in [2.24, 2.45) is 0 Å². The van der Waals surface area contributed by atoms with Crippen molar-refractivity contribution in [2.45, 2.75) is 64.3 Å². The number of nitrogens with two attached hydrogens (primary N) is 1. The minimum atomic E-state index is -2.13. The molecule has 65 heavy (non-hydrogen) atoms. The number of allylic oxidation sites excluding steroid dienone is 5. The Kier molecular flexibility index (Phi) is 11.3. The smallest absolute Gasteiger partial charge is 0.336 e. The van der Waals surface area contributed by atoms with Crippen molar-refractivity contribution in [3.8, 4) is 22.5 Å². The van der Waals surface area contributed by atoms with Crippen LogP contribution in [0, 0.1) is 12.3 Å². The van der Waals surface area contributed by atoms with Gasteiger partial charge < -0.3 is 36.2 Å². The molecular formula is C54H57N6O4Si+. The SMILES string of the molecule is Cc1cc(C(=O)NC2CCC(NCc3ccc(-c4c5ccc(=[N+](C)C)cc-5oc5cc(N(C)C)ccc45)c(C(=O)O)c3)CC2)ccc1C1=C2C=CC(=N)C=C2[Si](C)(C)c2cc(N)ccc21. The molecule has 5 aliphatic rings. The van der Waals surface area contributed by atoms with E-state index in [0.29, 0.717) is 34.7 Å². The molecule has 2 heterocycles. The van der Waals surface area contributed by atoms with Crippen LogP contribution < -0.4 is 36.4 Å². The summed E-state index contributed by atoms with van der Waals surface area (Å²) in [5.41, 5.74) is 18.9. The molecule has 2 aliphatic heterocycles. The Labute approximate surface area is 381 Å². The molecule has 0 atom stereocenters. The van der Waals surface area contributed by atoms with Crippen LogP contribution >= 0.6 is 0 Å². The average molecular weight is 882 g/mol. The van der Waals surface area contributed by atoms with Gasteiger partial charge in [0.05, 0.1) is 17.3 Å². The largest absolute Gasteiger partial charge is 0.478 e. The molecule has 6 N–H and O–H groups in total. The van der Waals surface area contributed by atoms with Crippen molar-refractivity contribution in [3.05, 3.63) is 159 Å². The predicted molar refractivity (Wildman–Crippen MR) is 267 cm³/mol. The van der Waals surface area contributed by atoms with Crippen LogP contribution in [0.15, 0.2) is 124 Å². The predicted octanol–water partition coefficient (Wildman–Crippen LogP) is 8.51. The summed E-state index contributed by atoms with van der Waals surface area (Å²) >= 11 is 0. The number of hydrogen-bond acceptors (Lipinski definition) is 7. The number of nitrogen functional groups attached to an aromatic ring is 1. The molecule has 1 fully saturated rings.